The molecule has 0 atom stereocenters. The van der Waals surface area contributed by atoms with Crippen molar-refractivity contribution in [3.8, 4) is 0 Å². The van der Waals surface area contributed by atoms with Crippen molar-refractivity contribution in [1.82, 2.24) is 0 Å². The number of aliphatic hydroxyl groups excluding tert-OH is 3. The highest BCUT2D eigenvalue weighted by Crippen LogP contribution is 2.10. The Morgan fingerprint density at radius 2 is 1.36 bits per heavy atom. The second kappa shape index (κ2) is 7.10. The molecule has 0 heterocycles. The fourth-order valence-electron chi connectivity index (χ4n) is 0.344. The Balaban J connectivity index is 0. The Hall–Kier alpha value is -0.250. The van der Waals surface area contributed by atoms with Crippen LogP contribution in [0, 0.1) is 5.41 Å². The molecule has 0 saturated heterocycles. The third kappa shape index (κ3) is 9.84. The van der Waals surface area contributed by atoms with Gasteiger partial charge in [0.25, 0.3) is 10.1 Å². The molecule has 0 amide bonds. The lowest BCUT2D eigenvalue weighted by atomic mass is 9.92. The van der Waals surface area contributed by atoms with Crippen molar-refractivity contribution in [2.24, 2.45) is 11.1 Å². The van der Waals surface area contributed by atoms with Crippen LogP contribution in [0.5, 0.6) is 0 Å². The van der Waals surface area contributed by atoms with Gasteiger partial charge in [0.2, 0.25) is 0 Å². The SMILES string of the molecule is CS(=O)(=O)O.NCC(CO)(CO)CO. The van der Waals surface area contributed by atoms with Gasteiger partial charge >= 0.3 is 0 Å². The van der Waals surface area contributed by atoms with Gasteiger partial charge in [0.15, 0.2) is 0 Å². The molecule has 0 aliphatic heterocycles. The van der Waals surface area contributed by atoms with E-state index in [1.807, 2.05) is 0 Å². The summed E-state index contributed by atoms with van der Waals surface area (Å²) in [5.41, 5.74) is 4.27. The van der Waals surface area contributed by atoms with E-state index in [1.54, 1.807) is 0 Å². The first-order chi connectivity index (χ1) is 6.24. The number of hydrogen-bond acceptors (Lipinski definition) is 6. The Morgan fingerprint density at radius 1 is 1.14 bits per heavy atom. The van der Waals surface area contributed by atoms with Gasteiger partial charge in [0.05, 0.1) is 31.5 Å². The van der Waals surface area contributed by atoms with Gasteiger partial charge in [-0.1, -0.05) is 0 Å². The van der Waals surface area contributed by atoms with Crippen molar-refractivity contribution in [3.63, 3.8) is 0 Å². The third-order valence-electron chi connectivity index (χ3n) is 1.44. The van der Waals surface area contributed by atoms with Crippen LogP contribution in [0.4, 0.5) is 0 Å². The summed E-state index contributed by atoms with van der Waals surface area (Å²) in [5.74, 6) is 0. The molecule has 0 bridgehead atoms. The maximum Gasteiger partial charge on any atom is 0.261 e. The minimum atomic E-state index is -3.67. The molecule has 6 N–H and O–H groups in total. The van der Waals surface area contributed by atoms with Crippen molar-refractivity contribution in [3.05, 3.63) is 0 Å². The Kier molecular flexibility index (Phi) is 8.21. The van der Waals surface area contributed by atoms with E-state index in [0.717, 1.165) is 0 Å². The fraction of sp³-hybridized carbons (Fsp3) is 1.00. The molecule has 0 aromatic carbocycles. The minimum Gasteiger partial charge on any atom is -0.396 e. The van der Waals surface area contributed by atoms with E-state index >= 15 is 0 Å². The zero-order valence-corrected chi connectivity index (χ0v) is 8.74. The summed E-state index contributed by atoms with van der Waals surface area (Å²) in [6, 6.07) is 0. The molecule has 0 aliphatic carbocycles. The lowest BCUT2D eigenvalue weighted by molar-refractivity contribution is 0.0126. The fourth-order valence-corrected chi connectivity index (χ4v) is 0.344. The Morgan fingerprint density at radius 3 is 1.36 bits per heavy atom. The van der Waals surface area contributed by atoms with E-state index in [9.17, 15) is 8.42 Å². The minimum absolute atomic E-state index is 0.0938. The normalized spacial score (nSPS) is 11.9. The van der Waals surface area contributed by atoms with Gasteiger partial charge in [-0.2, -0.15) is 8.42 Å². The van der Waals surface area contributed by atoms with Crippen LogP contribution in [-0.2, 0) is 10.1 Å². The molecular formula is C6H17NO6S. The number of nitrogens with two attached hydrogens (primary N) is 1. The molecular weight excluding hydrogens is 214 g/mol. The van der Waals surface area contributed by atoms with E-state index in [-0.39, 0.29) is 26.4 Å². The molecule has 0 aliphatic rings. The molecule has 0 saturated carbocycles. The molecule has 88 valence electrons. The van der Waals surface area contributed by atoms with Gasteiger partial charge in [0, 0.05) is 6.54 Å². The smallest absolute Gasteiger partial charge is 0.261 e. The second-order valence-corrected chi connectivity index (χ2v) is 4.38. The summed E-state index contributed by atoms with van der Waals surface area (Å²) >= 11 is 0. The average molecular weight is 231 g/mol. The zero-order valence-electron chi connectivity index (χ0n) is 7.92. The van der Waals surface area contributed by atoms with Gasteiger partial charge in [-0.15, -0.1) is 0 Å². The monoisotopic (exact) mass is 231 g/mol. The summed E-state index contributed by atoms with van der Waals surface area (Å²) < 4.78 is 25.9. The molecule has 0 aromatic rings. The largest absolute Gasteiger partial charge is 0.396 e. The highest BCUT2D eigenvalue weighted by atomic mass is 32.2. The Labute approximate surface area is 82.9 Å². The molecule has 0 fully saturated rings. The van der Waals surface area contributed by atoms with Crippen LogP contribution in [-0.4, -0.2) is 60.9 Å². The standard InChI is InChI=1S/C5H13NO3.CH4O3S/c6-1-5(2-7,3-8)4-9;1-5(2,3)4/h7-9H,1-4,6H2;1H3,(H,2,3,4). The molecule has 0 rings (SSSR count). The quantitative estimate of drug-likeness (QED) is 0.334. The van der Waals surface area contributed by atoms with Gasteiger partial charge in [0.1, 0.15) is 0 Å². The van der Waals surface area contributed by atoms with Crippen molar-refractivity contribution in [2.75, 3.05) is 32.6 Å². The van der Waals surface area contributed by atoms with Gasteiger partial charge < -0.3 is 21.1 Å². The maximum absolute atomic E-state index is 9.19. The average Bonchev–Trinajstić information content (AvgIpc) is 2.07. The van der Waals surface area contributed by atoms with Crippen LogP contribution in [0.3, 0.4) is 0 Å². The zero-order chi connectivity index (χ0) is 11.8. The van der Waals surface area contributed by atoms with Gasteiger partial charge in [-0.3, -0.25) is 4.55 Å². The first-order valence-corrected chi connectivity index (χ1v) is 5.54. The van der Waals surface area contributed by atoms with E-state index in [1.165, 1.54) is 0 Å². The van der Waals surface area contributed by atoms with Crippen molar-refractivity contribution in [1.29, 1.82) is 0 Å². The van der Waals surface area contributed by atoms with Gasteiger partial charge in [-0.25, -0.2) is 0 Å². The molecule has 7 nitrogen and oxygen atoms in total. The number of aliphatic hydroxyl groups is 3. The predicted molar refractivity (Wildman–Crippen MR) is 50.2 cm³/mol. The molecule has 8 heteroatoms. The summed E-state index contributed by atoms with van der Waals surface area (Å²) in [5, 5.41) is 25.7. The highest BCUT2D eigenvalue weighted by Gasteiger charge is 2.25. The molecule has 0 radical (unpaired) electrons. The predicted octanol–water partition coefficient (Wildman–Crippen LogP) is -2.59. The number of rotatable bonds is 4. The Bertz CT molecular complexity index is 197. The molecule has 0 spiro atoms. The molecule has 14 heavy (non-hydrogen) atoms. The molecule has 0 aromatic heterocycles. The topological polar surface area (TPSA) is 141 Å². The van der Waals surface area contributed by atoms with Crippen LogP contribution in [0.25, 0.3) is 0 Å². The first kappa shape index (κ1) is 16.2. The van der Waals surface area contributed by atoms with Crippen molar-refractivity contribution >= 4 is 10.1 Å². The lowest BCUT2D eigenvalue weighted by Crippen LogP contribution is -2.41. The van der Waals surface area contributed by atoms with Gasteiger partial charge in [-0.05, 0) is 0 Å². The first-order valence-electron chi connectivity index (χ1n) is 3.70. The highest BCUT2D eigenvalue weighted by molar-refractivity contribution is 7.85. The second-order valence-electron chi connectivity index (χ2n) is 2.91. The van der Waals surface area contributed by atoms with E-state index in [2.05, 4.69) is 0 Å². The summed E-state index contributed by atoms with van der Waals surface area (Å²) in [4.78, 5) is 0. The van der Waals surface area contributed by atoms with Crippen LogP contribution < -0.4 is 5.73 Å². The van der Waals surface area contributed by atoms with Crippen LogP contribution in [0.2, 0.25) is 0 Å². The van der Waals surface area contributed by atoms with Crippen LogP contribution in [0.15, 0.2) is 0 Å². The summed E-state index contributed by atoms with van der Waals surface area (Å²) in [7, 11) is -3.67. The maximum atomic E-state index is 9.19. The van der Waals surface area contributed by atoms with E-state index < -0.39 is 15.5 Å². The lowest BCUT2D eigenvalue weighted by Gasteiger charge is -2.24. The van der Waals surface area contributed by atoms with Crippen LogP contribution >= 0.6 is 0 Å². The van der Waals surface area contributed by atoms with E-state index in [4.69, 9.17) is 25.6 Å². The van der Waals surface area contributed by atoms with Crippen molar-refractivity contribution < 1.29 is 28.3 Å². The summed E-state index contributed by atoms with van der Waals surface area (Å²) in [6.07, 6.45) is 0.715. The summed E-state index contributed by atoms with van der Waals surface area (Å²) in [6.45, 7) is -0.750. The van der Waals surface area contributed by atoms with E-state index in [0.29, 0.717) is 6.26 Å². The van der Waals surface area contributed by atoms with Crippen LogP contribution in [0.1, 0.15) is 0 Å². The van der Waals surface area contributed by atoms with Crippen molar-refractivity contribution in [2.45, 2.75) is 0 Å². The molecule has 0 unspecified atom stereocenters. The third-order valence-corrected chi connectivity index (χ3v) is 1.44. The number of hydrogen-bond donors (Lipinski definition) is 5.